The molecule has 0 radical (unpaired) electrons. The second-order valence-corrected chi connectivity index (χ2v) is 10.4. The Hall–Kier alpha value is -4.40. The number of halogens is 1. The van der Waals surface area contributed by atoms with Crippen molar-refractivity contribution >= 4 is 27.8 Å². The van der Waals surface area contributed by atoms with Crippen molar-refractivity contribution in [3.63, 3.8) is 0 Å². The number of ether oxygens (including phenoxy) is 1. The average Bonchev–Trinajstić information content (AvgIpc) is 3.37. The summed E-state index contributed by atoms with van der Waals surface area (Å²) in [5.41, 5.74) is 4.04. The second kappa shape index (κ2) is 11.3. The van der Waals surface area contributed by atoms with Crippen LogP contribution >= 0.6 is 11.6 Å². The van der Waals surface area contributed by atoms with Gasteiger partial charge in [0.25, 0.3) is 10.0 Å². The van der Waals surface area contributed by atoms with Crippen LogP contribution in [0.4, 0.5) is 0 Å². The van der Waals surface area contributed by atoms with Crippen LogP contribution in [0.2, 0.25) is 5.02 Å². The van der Waals surface area contributed by atoms with Crippen LogP contribution in [-0.4, -0.2) is 24.4 Å². The molecule has 5 rings (SSSR count). The molecule has 0 bridgehead atoms. The molecular formula is C29H23ClN4O3S. The Morgan fingerprint density at radius 1 is 0.868 bits per heavy atom. The van der Waals surface area contributed by atoms with Gasteiger partial charge in [0.05, 0.1) is 16.8 Å². The number of nitrogens with one attached hydrogen (secondary N) is 1. The van der Waals surface area contributed by atoms with Gasteiger partial charge in [-0.1, -0.05) is 60.1 Å². The van der Waals surface area contributed by atoms with Crippen LogP contribution in [0.1, 0.15) is 11.1 Å². The Kier molecular flexibility index (Phi) is 7.53. The van der Waals surface area contributed by atoms with E-state index in [0.717, 1.165) is 22.6 Å². The summed E-state index contributed by atoms with van der Waals surface area (Å²) < 4.78 is 32.9. The standard InChI is InChI=1S/C29H23ClN4O3S/c30-25-13-17-28(18-14-25)38(35,36)33-31-19-24-20-34(26-9-5-2-6-10-26)32-29(24)23-11-15-27(16-12-23)37-21-22-7-3-1-4-8-22/h1-20,33H,21H2/b31-19-. The molecule has 1 aromatic heterocycles. The van der Waals surface area contributed by atoms with Crippen molar-refractivity contribution in [1.29, 1.82) is 0 Å². The first-order chi connectivity index (χ1) is 18.5. The number of sulfonamides is 1. The number of aromatic nitrogens is 2. The fourth-order valence-corrected chi connectivity index (χ4v) is 4.62. The lowest BCUT2D eigenvalue weighted by atomic mass is 10.1. The smallest absolute Gasteiger partial charge is 0.276 e. The van der Waals surface area contributed by atoms with Crippen molar-refractivity contribution < 1.29 is 13.2 Å². The van der Waals surface area contributed by atoms with Crippen LogP contribution in [-0.2, 0) is 16.6 Å². The first-order valence-electron chi connectivity index (χ1n) is 11.7. The number of benzene rings is 4. The Bertz CT molecular complexity index is 1640. The van der Waals surface area contributed by atoms with Crippen molar-refractivity contribution in [3.8, 4) is 22.7 Å². The third-order valence-corrected chi connectivity index (χ3v) is 7.13. The van der Waals surface area contributed by atoms with Gasteiger partial charge >= 0.3 is 0 Å². The van der Waals surface area contributed by atoms with Gasteiger partial charge in [0.1, 0.15) is 18.1 Å². The lowest BCUT2D eigenvalue weighted by Gasteiger charge is -2.07. The summed E-state index contributed by atoms with van der Waals surface area (Å²) in [5, 5.41) is 9.21. The van der Waals surface area contributed by atoms with Crippen LogP contribution in [0.5, 0.6) is 5.75 Å². The summed E-state index contributed by atoms with van der Waals surface area (Å²) in [7, 11) is -3.86. The molecule has 0 atom stereocenters. The highest BCUT2D eigenvalue weighted by Gasteiger charge is 2.14. The monoisotopic (exact) mass is 542 g/mol. The van der Waals surface area contributed by atoms with Crippen molar-refractivity contribution in [2.45, 2.75) is 11.5 Å². The maximum Gasteiger partial charge on any atom is 0.276 e. The van der Waals surface area contributed by atoms with Crippen LogP contribution in [0.15, 0.2) is 125 Å². The highest BCUT2D eigenvalue weighted by Crippen LogP contribution is 2.25. The number of hydrogen-bond donors (Lipinski definition) is 1. The van der Waals surface area contributed by atoms with Gasteiger partial charge in [-0.3, -0.25) is 0 Å². The molecule has 190 valence electrons. The van der Waals surface area contributed by atoms with E-state index in [9.17, 15) is 8.42 Å². The fourth-order valence-electron chi connectivity index (χ4n) is 3.70. The van der Waals surface area contributed by atoms with E-state index in [1.165, 1.54) is 30.5 Å². The summed E-state index contributed by atoms with van der Waals surface area (Å²) in [6, 6.07) is 33.0. The SMILES string of the molecule is O=S(=O)(N/N=C\c1cn(-c2ccccc2)nc1-c1ccc(OCc2ccccc2)cc1)c1ccc(Cl)cc1. The summed E-state index contributed by atoms with van der Waals surface area (Å²) in [4.78, 5) is 2.31. The third-order valence-electron chi connectivity index (χ3n) is 5.64. The second-order valence-electron chi connectivity index (χ2n) is 8.32. The van der Waals surface area contributed by atoms with Crippen LogP contribution in [0, 0.1) is 0 Å². The minimum absolute atomic E-state index is 0.0605. The molecule has 0 aliphatic rings. The number of para-hydroxylation sites is 1. The Morgan fingerprint density at radius 3 is 2.21 bits per heavy atom. The molecule has 0 saturated heterocycles. The molecule has 0 unspecified atom stereocenters. The largest absolute Gasteiger partial charge is 0.489 e. The summed E-state index contributed by atoms with van der Waals surface area (Å²) in [6.07, 6.45) is 3.24. The average molecular weight is 543 g/mol. The quantitative estimate of drug-likeness (QED) is 0.180. The Morgan fingerprint density at radius 2 is 1.53 bits per heavy atom. The normalized spacial score (nSPS) is 11.5. The molecule has 0 spiro atoms. The summed E-state index contributed by atoms with van der Waals surface area (Å²) in [6.45, 7) is 0.467. The molecule has 0 aliphatic heterocycles. The first kappa shape index (κ1) is 25.3. The Labute approximate surface area is 226 Å². The molecule has 38 heavy (non-hydrogen) atoms. The number of hydrazone groups is 1. The molecule has 0 fully saturated rings. The lowest BCUT2D eigenvalue weighted by Crippen LogP contribution is -2.18. The van der Waals surface area contributed by atoms with Crippen molar-refractivity contribution in [1.82, 2.24) is 14.6 Å². The highest BCUT2D eigenvalue weighted by molar-refractivity contribution is 7.89. The van der Waals surface area contributed by atoms with Crippen LogP contribution in [0.3, 0.4) is 0 Å². The highest BCUT2D eigenvalue weighted by atomic mass is 35.5. The van der Waals surface area contributed by atoms with E-state index in [4.69, 9.17) is 21.4 Å². The van der Waals surface area contributed by atoms with Gasteiger partial charge in [-0.05, 0) is 66.2 Å². The molecule has 1 heterocycles. The molecule has 4 aromatic carbocycles. The van der Waals surface area contributed by atoms with Crippen molar-refractivity contribution in [3.05, 3.63) is 132 Å². The zero-order valence-electron chi connectivity index (χ0n) is 20.1. The molecular weight excluding hydrogens is 520 g/mol. The Balaban J connectivity index is 1.39. The molecule has 0 aliphatic carbocycles. The van der Waals surface area contributed by atoms with E-state index < -0.39 is 10.0 Å². The molecule has 5 aromatic rings. The van der Waals surface area contributed by atoms with Gasteiger partial charge in [-0.25, -0.2) is 9.51 Å². The predicted molar refractivity (Wildman–Crippen MR) is 149 cm³/mol. The van der Waals surface area contributed by atoms with E-state index in [1.54, 1.807) is 10.9 Å². The van der Waals surface area contributed by atoms with E-state index in [0.29, 0.717) is 22.9 Å². The summed E-state index contributed by atoms with van der Waals surface area (Å²) in [5.74, 6) is 0.728. The maximum absolute atomic E-state index is 12.6. The first-order valence-corrected chi connectivity index (χ1v) is 13.6. The lowest BCUT2D eigenvalue weighted by molar-refractivity contribution is 0.306. The van der Waals surface area contributed by atoms with Crippen LogP contribution in [0.25, 0.3) is 16.9 Å². The predicted octanol–water partition coefficient (Wildman–Crippen LogP) is 6.08. The fraction of sp³-hybridized carbons (Fsp3) is 0.0345. The van der Waals surface area contributed by atoms with Gasteiger partial charge in [0.2, 0.25) is 0 Å². The zero-order chi connectivity index (χ0) is 26.4. The van der Waals surface area contributed by atoms with Gasteiger partial charge in [-0.2, -0.15) is 18.6 Å². The molecule has 9 heteroatoms. The third kappa shape index (κ3) is 6.11. The topological polar surface area (TPSA) is 85.6 Å². The van der Waals surface area contributed by atoms with Crippen molar-refractivity contribution in [2.24, 2.45) is 5.10 Å². The zero-order valence-corrected chi connectivity index (χ0v) is 21.7. The van der Waals surface area contributed by atoms with Gasteiger partial charge < -0.3 is 4.74 Å². The number of hydrogen-bond acceptors (Lipinski definition) is 5. The van der Waals surface area contributed by atoms with E-state index in [-0.39, 0.29) is 4.90 Å². The molecule has 1 N–H and O–H groups in total. The molecule has 0 saturated carbocycles. The van der Waals surface area contributed by atoms with Gasteiger partial charge in [-0.15, -0.1) is 0 Å². The van der Waals surface area contributed by atoms with E-state index >= 15 is 0 Å². The minimum atomic E-state index is -3.86. The van der Waals surface area contributed by atoms with Gasteiger partial charge in [0, 0.05) is 22.3 Å². The van der Waals surface area contributed by atoms with Gasteiger partial charge in [0.15, 0.2) is 0 Å². The van der Waals surface area contributed by atoms with Crippen LogP contribution < -0.4 is 9.57 Å². The maximum atomic E-state index is 12.6. The molecule has 7 nitrogen and oxygen atoms in total. The number of nitrogens with zero attached hydrogens (tertiary/aromatic N) is 3. The summed E-state index contributed by atoms with van der Waals surface area (Å²) >= 11 is 5.87. The van der Waals surface area contributed by atoms with E-state index in [2.05, 4.69) is 9.93 Å². The van der Waals surface area contributed by atoms with Crippen molar-refractivity contribution in [2.75, 3.05) is 0 Å². The molecule has 0 amide bonds. The minimum Gasteiger partial charge on any atom is -0.489 e. The number of rotatable bonds is 9. The van der Waals surface area contributed by atoms with E-state index in [1.807, 2.05) is 84.9 Å².